The van der Waals surface area contributed by atoms with Crippen molar-refractivity contribution >= 4 is 21.6 Å². The third-order valence-electron chi connectivity index (χ3n) is 3.62. The van der Waals surface area contributed by atoms with Gasteiger partial charge in [-0.05, 0) is 30.7 Å². The Morgan fingerprint density at radius 3 is 3.22 bits per heavy atom. The molecule has 0 unspecified atom stereocenters. The van der Waals surface area contributed by atoms with Crippen LogP contribution in [0.15, 0.2) is 11.1 Å². The quantitative estimate of drug-likeness (QED) is 0.896. The maximum Gasteiger partial charge on any atom is 0.262 e. The van der Waals surface area contributed by atoms with Crippen LogP contribution in [0.5, 0.6) is 0 Å². The normalized spacial score (nSPS) is 19.1. The number of nitrogens with zero attached hydrogens (tertiary/aromatic N) is 2. The van der Waals surface area contributed by atoms with Crippen LogP contribution in [0.25, 0.3) is 10.2 Å². The number of aromatic nitrogens is 2. The molecule has 1 aliphatic rings. The van der Waals surface area contributed by atoms with Gasteiger partial charge in [0.25, 0.3) is 5.56 Å². The highest BCUT2D eigenvalue weighted by molar-refractivity contribution is 7.18. The summed E-state index contributed by atoms with van der Waals surface area (Å²) >= 11 is 1.66. The SMILES string of the molecule is C[C@H]1CCc2c(sc3ncn(CCO)c(=O)c23)C1. The third kappa shape index (κ3) is 1.78. The summed E-state index contributed by atoms with van der Waals surface area (Å²) in [5.74, 6) is 0.699. The van der Waals surface area contributed by atoms with Gasteiger partial charge in [-0.15, -0.1) is 11.3 Å². The molecule has 0 aliphatic heterocycles. The monoisotopic (exact) mass is 264 g/mol. The fourth-order valence-corrected chi connectivity index (χ4v) is 3.97. The van der Waals surface area contributed by atoms with E-state index in [-0.39, 0.29) is 12.2 Å². The van der Waals surface area contributed by atoms with E-state index in [1.165, 1.54) is 15.0 Å². The summed E-state index contributed by atoms with van der Waals surface area (Å²) < 4.78 is 1.51. The van der Waals surface area contributed by atoms with Crippen LogP contribution in [-0.2, 0) is 19.4 Å². The second kappa shape index (κ2) is 4.48. The maximum absolute atomic E-state index is 12.4. The standard InChI is InChI=1S/C13H16N2O2S/c1-8-2-3-9-10(6-8)18-12-11(9)13(17)15(4-5-16)7-14-12/h7-8,16H,2-6H2,1H3/t8-/m0/s1. The largest absolute Gasteiger partial charge is 0.395 e. The zero-order valence-corrected chi connectivity index (χ0v) is 11.2. The molecule has 1 atom stereocenters. The molecule has 0 radical (unpaired) electrons. The molecule has 1 aliphatic carbocycles. The van der Waals surface area contributed by atoms with Crippen molar-refractivity contribution in [3.8, 4) is 0 Å². The van der Waals surface area contributed by atoms with Crippen LogP contribution in [0.2, 0.25) is 0 Å². The zero-order chi connectivity index (χ0) is 12.7. The first-order valence-electron chi connectivity index (χ1n) is 6.31. The van der Waals surface area contributed by atoms with Crippen LogP contribution < -0.4 is 5.56 Å². The van der Waals surface area contributed by atoms with Crippen molar-refractivity contribution in [1.29, 1.82) is 0 Å². The lowest BCUT2D eigenvalue weighted by Crippen LogP contribution is -2.22. The van der Waals surface area contributed by atoms with Crippen LogP contribution >= 0.6 is 11.3 Å². The summed E-state index contributed by atoms with van der Waals surface area (Å²) in [4.78, 5) is 18.9. The smallest absolute Gasteiger partial charge is 0.262 e. The highest BCUT2D eigenvalue weighted by atomic mass is 32.1. The van der Waals surface area contributed by atoms with E-state index in [1.807, 2.05) is 0 Å². The molecule has 0 aromatic carbocycles. The summed E-state index contributed by atoms with van der Waals surface area (Å²) in [5.41, 5.74) is 1.21. The van der Waals surface area contributed by atoms with E-state index >= 15 is 0 Å². The van der Waals surface area contributed by atoms with Crippen LogP contribution in [0.4, 0.5) is 0 Å². The molecule has 0 saturated carbocycles. The van der Waals surface area contributed by atoms with E-state index in [9.17, 15) is 4.79 Å². The van der Waals surface area contributed by atoms with Gasteiger partial charge >= 0.3 is 0 Å². The first-order chi connectivity index (χ1) is 8.70. The number of aliphatic hydroxyl groups is 1. The van der Waals surface area contributed by atoms with Gasteiger partial charge in [-0.2, -0.15) is 0 Å². The van der Waals surface area contributed by atoms with E-state index in [0.29, 0.717) is 12.5 Å². The Balaban J connectivity index is 2.22. The molecule has 0 amide bonds. The van der Waals surface area contributed by atoms with Crippen LogP contribution in [0.3, 0.4) is 0 Å². The Kier molecular flexibility index (Phi) is 2.95. The lowest BCUT2D eigenvalue weighted by atomic mass is 9.89. The molecule has 96 valence electrons. The lowest BCUT2D eigenvalue weighted by molar-refractivity contribution is 0.274. The molecule has 4 nitrogen and oxygen atoms in total. The van der Waals surface area contributed by atoms with E-state index in [1.54, 1.807) is 17.7 Å². The van der Waals surface area contributed by atoms with Gasteiger partial charge in [-0.3, -0.25) is 9.36 Å². The molecule has 1 N–H and O–H groups in total. The van der Waals surface area contributed by atoms with Crippen molar-refractivity contribution in [2.24, 2.45) is 5.92 Å². The Morgan fingerprint density at radius 2 is 2.44 bits per heavy atom. The van der Waals surface area contributed by atoms with Crippen molar-refractivity contribution in [2.75, 3.05) is 6.61 Å². The minimum atomic E-state index is -0.0313. The Labute approximate surface area is 109 Å². The molecule has 0 fully saturated rings. The fourth-order valence-electron chi connectivity index (χ4n) is 2.63. The van der Waals surface area contributed by atoms with Gasteiger partial charge in [0.1, 0.15) is 4.83 Å². The number of thiophene rings is 1. The van der Waals surface area contributed by atoms with Gasteiger partial charge in [0.05, 0.1) is 24.9 Å². The van der Waals surface area contributed by atoms with Crippen molar-refractivity contribution in [1.82, 2.24) is 9.55 Å². The number of fused-ring (bicyclic) bond motifs is 3. The fraction of sp³-hybridized carbons (Fsp3) is 0.538. The minimum absolute atomic E-state index is 0.00102. The Hall–Kier alpha value is -1.20. The van der Waals surface area contributed by atoms with E-state index in [0.717, 1.165) is 29.5 Å². The predicted molar refractivity (Wildman–Crippen MR) is 72.2 cm³/mol. The Morgan fingerprint density at radius 1 is 1.61 bits per heavy atom. The summed E-state index contributed by atoms with van der Waals surface area (Å²) in [7, 11) is 0. The van der Waals surface area contributed by atoms with Crippen LogP contribution in [0.1, 0.15) is 23.8 Å². The summed E-state index contributed by atoms with van der Waals surface area (Å²) in [6, 6.07) is 0. The topological polar surface area (TPSA) is 55.1 Å². The minimum Gasteiger partial charge on any atom is -0.395 e. The van der Waals surface area contributed by atoms with Crippen molar-refractivity contribution in [2.45, 2.75) is 32.7 Å². The number of hydrogen-bond acceptors (Lipinski definition) is 4. The first-order valence-corrected chi connectivity index (χ1v) is 7.13. The molecule has 2 aromatic heterocycles. The number of aryl methyl sites for hydroxylation is 1. The lowest BCUT2D eigenvalue weighted by Gasteiger charge is -2.17. The van der Waals surface area contributed by atoms with Crippen molar-refractivity contribution in [3.05, 3.63) is 27.1 Å². The van der Waals surface area contributed by atoms with Crippen LogP contribution in [0, 0.1) is 5.92 Å². The van der Waals surface area contributed by atoms with Gasteiger partial charge in [-0.25, -0.2) is 4.98 Å². The molecular formula is C13H16N2O2S. The van der Waals surface area contributed by atoms with Gasteiger partial charge in [0.15, 0.2) is 0 Å². The molecule has 0 spiro atoms. The summed E-state index contributed by atoms with van der Waals surface area (Å²) in [6.07, 6.45) is 4.74. The molecule has 3 rings (SSSR count). The van der Waals surface area contributed by atoms with Crippen molar-refractivity contribution in [3.63, 3.8) is 0 Å². The number of hydrogen-bond donors (Lipinski definition) is 1. The van der Waals surface area contributed by atoms with E-state index in [4.69, 9.17) is 5.11 Å². The summed E-state index contributed by atoms with van der Waals surface area (Å²) in [5, 5.41) is 9.74. The third-order valence-corrected chi connectivity index (χ3v) is 4.79. The highest BCUT2D eigenvalue weighted by Gasteiger charge is 2.22. The maximum atomic E-state index is 12.4. The van der Waals surface area contributed by atoms with E-state index < -0.39 is 0 Å². The van der Waals surface area contributed by atoms with Gasteiger partial charge in [-0.1, -0.05) is 6.92 Å². The van der Waals surface area contributed by atoms with Crippen LogP contribution in [-0.4, -0.2) is 21.3 Å². The predicted octanol–water partition coefficient (Wildman–Crippen LogP) is 1.58. The molecule has 2 heterocycles. The van der Waals surface area contributed by atoms with Gasteiger partial charge in [0.2, 0.25) is 0 Å². The molecule has 18 heavy (non-hydrogen) atoms. The average Bonchev–Trinajstić information content (AvgIpc) is 2.71. The number of rotatable bonds is 2. The van der Waals surface area contributed by atoms with Gasteiger partial charge in [0, 0.05) is 4.88 Å². The molecule has 5 heteroatoms. The Bertz CT molecular complexity index is 644. The second-order valence-electron chi connectivity index (χ2n) is 5.00. The number of aliphatic hydroxyl groups excluding tert-OH is 1. The zero-order valence-electron chi connectivity index (χ0n) is 10.3. The van der Waals surface area contributed by atoms with E-state index in [2.05, 4.69) is 11.9 Å². The average molecular weight is 264 g/mol. The van der Waals surface area contributed by atoms with Crippen molar-refractivity contribution < 1.29 is 5.11 Å². The molecule has 0 bridgehead atoms. The molecule has 2 aromatic rings. The summed E-state index contributed by atoms with van der Waals surface area (Å²) in [6.45, 7) is 2.55. The second-order valence-corrected chi connectivity index (χ2v) is 6.08. The van der Waals surface area contributed by atoms with Gasteiger partial charge < -0.3 is 5.11 Å². The first kappa shape index (κ1) is 11.9. The highest BCUT2D eigenvalue weighted by Crippen LogP contribution is 2.35. The molecular weight excluding hydrogens is 248 g/mol. The molecule has 0 saturated heterocycles.